The lowest BCUT2D eigenvalue weighted by molar-refractivity contribution is -0.176. The van der Waals surface area contributed by atoms with Crippen LogP contribution in [0.15, 0.2) is 0 Å². The molecule has 8 bridgehead atoms. The van der Waals surface area contributed by atoms with Gasteiger partial charge < -0.3 is 18.6 Å². The zero-order valence-corrected chi connectivity index (χ0v) is 31.4. The third kappa shape index (κ3) is 9.08. The van der Waals surface area contributed by atoms with E-state index in [4.69, 9.17) is 9.47 Å². The van der Waals surface area contributed by atoms with E-state index in [0.717, 1.165) is 57.8 Å². The molecule has 0 aromatic heterocycles. The van der Waals surface area contributed by atoms with Gasteiger partial charge in [0.25, 0.3) is 0 Å². The molecule has 0 amide bonds. The lowest BCUT2D eigenvalue weighted by Crippen LogP contribution is -2.50. The molecule has 0 radical (unpaired) electrons. The molecule has 55 heavy (non-hydrogen) atoms. The normalized spacial score (nSPS) is 33.5. The van der Waals surface area contributed by atoms with Gasteiger partial charge in [-0.2, -0.15) is 35.1 Å². The Hall–Kier alpha value is -1.87. The average molecular weight is 849 g/mol. The van der Waals surface area contributed by atoms with Crippen molar-refractivity contribution in [1.29, 1.82) is 0 Å². The third-order valence-corrected chi connectivity index (χ3v) is 14.5. The largest absolute Gasteiger partial charge is 0.743 e. The Labute approximate surface area is 313 Å². The minimum absolute atomic E-state index is 0.108. The first kappa shape index (κ1) is 44.2. The summed E-state index contributed by atoms with van der Waals surface area (Å²) in [7, 11) is -13.1. The van der Waals surface area contributed by atoms with Crippen LogP contribution in [0.4, 0.5) is 39.5 Å². The Balaban J connectivity index is 0.000000211. The maximum atomic E-state index is 13.7. The van der Waals surface area contributed by atoms with Crippen LogP contribution in [0.25, 0.3) is 0 Å². The summed E-state index contributed by atoms with van der Waals surface area (Å²) in [5.74, 6) is -8.16. The number of esters is 2. The molecule has 0 aromatic rings. The molecule has 10 nitrogen and oxygen atoms in total. The van der Waals surface area contributed by atoms with Crippen molar-refractivity contribution >= 4 is 32.2 Å². The number of carbonyl (C=O) groups excluding carboxylic acids is 2. The Morgan fingerprint density at radius 3 is 1.25 bits per heavy atom. The highest BCUT2D eigenvalue weighted by atomic mass is 32.2. The summed E-state index contributed by atoms with van der Waals surface area (Å²) in [6, 6.07) is 0. The van der Waals surface area contributed by atoms with Crippen LogP contribution < -0.4 is 0 Å². The minimum Gasteiger partial charge on any atom is -0.743 e. The summed E-state index contributed by atoms with van der Waals surface area (Å²) in [5.41, 5.74) is -1.10. The van der Waals surface area contributed by atoms with Crippen molar-refractivity contribution in [3.05, 3.63) is 0 Å². The van der Waals surface area contributed by atoms with E-state index < -0.39 is 97.9 Å². The maximum absolute atomic E-state index is 13.7. The van der Waals surface area contributed by atoms with E-state index in [9.17, 15) is 75.0 Å². The van der Waals surface area contributed by atoms with Crippen molar-refractivity contribution in [3.8, 4) is 0 Å². The van der Waals surface area contributed by atoms with Crippen LogP contribution in [-0.2, 0) is 39.3 Å². The van der Waals surface area contributed by atoms with Gasteiger partial charge in [0.15, 0.2) is 20.2 Å². The van der Waals surface area contributed by atoms with Crippen LogP contribution >= 0.6 is 0 Å². The van der Waals surface area contributed by atoms with Gasteiger partial charge in [-0.15, -0.1) is 0 Å². The van der Waals surface area contributed by atoms with Crippen LogP contribution in [-0.4, -0.2) is 79.6 Å². The van der Waals surface area contributed by atoms with E-state index in [2.05, 4.69) is 0 Å². The predicted octanol–water partition coefficient (Wildman–Crippen LogP) is 7.33. The van der Waals surface area contributed by atoms with Crippen molar-refractivity contribution in [1.82, 2.24) is 0 Å². The Morgan fingerprint density at radius 1 is 0.582 bits per heavy atom. The molecule has 0 spiro atoms. The topological polar surface area (TPSA) is 167 Å². The molecule has 0 aromatic carbocycles. The molecule has 0 saturated heterocycles. The molecule has 8 saturated carbocycles. The summed E-state index contributed by atoms with van der Waals surface area (Å²) >= 11 is 0. The molecule has 318 valence electrons. The SMILES string of the molecule is O=C(OCCC(F)CC(F)(F)C(F)(F)S(=O)(=O)[O-])C12CC3CC(CC(C3)C1)C2.O=C(OCCCCC(F)(F)C(F)(F)S(=O)(=O)[O-])C12CC3CC(CC(C3)C1)C2. The quantitative estimate of drug-likeness (QED) is 0.0664. The number of halogens is 9. The van der Waals surface area contributed by atoms with Gasteiger partial charge in [-0.05, 0) is 125 Å². The second kappa shape index (κ2) is 15.4. The number of unbranched alkanes of at least 4 members (excludes halogenated alkanes) is 1. The van der Waals surface area contributed by atoms with Crippen molar-refractivity contribution in [3.63, 3.8) is 0 Å². The molecule has 8 fully saturated rings. The Kier molecular flexibility index (Phi) is 12.4. The Bertz CT molecular complexity index is 1580. The molecule has 0 aliphatic heterocycles. The van der Waals surface area contributed by atoms with Crippen LogP contribution in [0.5, 0.6) is 0 Å². The van der Waals surface area contributed by atoms with E-state index in [0.29, 0.717) is 54.8 Å². The van der Waals surface area contributed by atoms with Gasteiger partial charge in [-0.25, -0.2) is 21.2 Å². The second-order valence-electron chi connectivity index (χ2n) is 17.1. The van der Waals surface area contributed by atoms with Crippen LogP contribution in [0.3, 0.4) is 0 Å². The van der Waals surface area contributed by atoms with Gasteiger partial charge in [0, 0.05) is 12.8 Å². The minimum atomic E-state index is -6.65. The van der Waals surface area contributed by atoms with Crippen molar-refractivity contribution in [2.24, 2.45) is 46.3 Å². The van der Waals surface area contributed by atoms with Gasteiger partial charge in [-0.1, -0.05) is 0 Å². The van der Waals surface area contributed by atoms with Crippen molar-refractivity contribution < 1.29 is 84.5 Å². The van der Waals surface area contributed by atoms with Gasteiger partial charge in [0.05, 0.1) is 30.5 Å². The summed E-state index contributed by atoms with van der Waals surface area (Å²) in [4.78, 5) is 25.1. The number of rotatable bonds is 16. The van der Waals surface area contributed by atoms with E-state index in [1.807, 2.05) is 0 Å². The molecular formula is C34H45F9O10S2-2. The molecule has 0 heterocycles. The number of carbonyl (C=O) groups is 2. The van der Waals surface area contributed by atoms with E-state index in [1.54, 1.807) is 0 Å². The molecule has 0 N–H and O–H groups in total. The van der Waals surface area contributed by atoms with Crippen LogP contribution in [0, 0.1) is 46.3 Å². The first-order chi connectivity index (χ1) is 25.1. The molecule has 21 heteroatoms. The fraction of sp³-hybridized carbons (Fsp3) is 0.941. The molecule has 8 aliphatic carbocycles. The highest BCUT2D eigenvalue weighted by molar-refractivity contribution is 7.87. The molecular weight excluding hydrogens is 803 g/mol. The van der Waals surface area contributed by atoms with E-state index in [1.165, 1.54) is 0 Å². The standard InChI is InChI=1S/C17H23F5O5S.C17H24F4O5S/c18-13(9-16(19,20)17(21,22)28(24,25)26)1-2-27-14(23)15-6-10-3-11(7-15)5-12(4-10)8-15;18-16(19,17(20,21)27(23,24)25)3-1-2-4-26-14(22)15-8-11-5-12(9-15)7-13(6-11)10-15/h10-13H,1-9H2,(H,24,25,26);11-13H,1-10H2,(H,23,24,25)/p-2. The molecule has 1 atom stereocenters. The average Bonchev–Trinajstić information content (AvgIpc) is 3.02. The van der Waals surface area contributed by atoms with Gasteiger partial charge in [-0.3, -0.25) is 9.59 Å². The molecule has 8 rings (SSSR count). The molecule has 8 aliphatic rings. The lowest BCUT2D eigenvalue weighted by Gasteiger charge is -2.55. The van der Waals surface area contributed by atoms with Crippen molar-refractivity contribution in [2.75, 3.05) is 13.2 Å². The number of hydrogen-bond acceptors (Lipinski definition) is 10. The number of ether oxygens (including phenoxy) is 2. The smallest absolute Gasteiger partial charge is 0.396 e. The fourth-order valence-corrected chi connectivity index (χ4v) is 11.8. The number of hydrogen-bond donors (Lipinski definition) is 0. The third-order valence-electron chi connectivity index (χ3n) is 12.7. The molecule has 1 unspecified atom stereocenters. The van der Waals surface area contributed by atoms with E-state index in [-0.39, 0.29) is 19.0 Å². The van der Waals surface area contributed by atoms with Gasteiger partial charge in [0.2, 0.25) is 0 Å². The van der Waals surface area contributed by atoms with Crippen LogP contribution in [0.2, 0.25) is 0 Å². The van der Waals surface area contributed by atoms with E-state index >= 15 is 0 Å². The highest BCUT2D eigenvalue weighted by Gasteiger charge is 2.63. The Morgan fingerprint density at radius 2 is 0.909 bits per heavy atom. The lowest BCUT2D eigenvalue weighted by atomic mass is 9.49. The maximum Gasteiger partial charge on any atom is 0.396 e. The van der Waals surface area contributed by atoms with Gasteiger partial charge in [0.1, 0.15) is 6.17 Å². The summed E-state index contributed by atoms with van der Waals surface area (Å²) in [6.45, 7) is -0.764. The monoisotopic (exact) mass is 848 g/mol. The fourth-order valence-electron chi connectivity index (χ4n) is 10.9. The summed E-state index contributed by atoms with van der Waals surface area (Å²) < 4.78 is 192. The zero-order chi connectivity index (χ0) is 41.0. The summed E-state index contributed by atoms with van der Waals surface area (Å²) in [6.07, 6.45) is 3.61. The van der Waals surface area contributed by atoms with Crippen molar-refractivity contribution in [2.45, 2.75) is 138 Å². The summed E-state index contributed by atoms with van der Waals surface area (Å²) in [5, 5.41) is -11.6. The number of alkyl halides is 9. The van der Waals surface area contributed by atoms with Crippen LogP contribution in [0.1, 0.15) is 109 Å². The zero-order valence-electron chi connectivity index (χ0n) is 29.8. The second-order valence-corrected chi connectivity index (χ2v) is 19.9. The predicted molar refractivity (Wildman–Crippen MR) is 170 cm³/mol. The van der Waals surface area contributed by atoms with Gasteiger partial charge >= 0.3 is 34.3 Å². The first-order valence-electron chi connectivity index (χ1n) is 18.5. The first-order valence-corrected chi connectivity index (χ1v) is 21.3. The highest BCUT2D eigenvalue weighted by Crippen LogP contribution is 2.61.